The van der Waals surface area contributed by atoms with E-state index in [2.05, 4.69) is 0 Å². The maximum atomic E-state index is 6.00. The summed E-state index contributed by atoms with van der Waals surface area (Å²) in [6, 6.07) is 0. The second-order valence-corrected chi connectivity index (χ2v) is 0. The molecule has 2 radical (unpaired) electrons. The molecule has 52 valence electrons. The summed E-state index contributed by atoms with van der Waals surface area (Å²) in [6.07, 6.45) is 0. The van der Waals surface area contributed by atoms with Crippen molar-refractivity contribution in [3.63, 3.8) is 0 Å². The topological polar surface area (TPSA) is 72.0 Å². The van der Waals surface area contributed by atoms with E-state index in [1.165, 1.54) is 0 Å². The van der Waals surface area contributed by atoms with Gasteiger partial charge in [-0.25, -0.2) is 0 Å². The first-order valence-electron chi connectivity index (χ1n) is 0.200. The van der Waals surface area contributed by atoms with Crippen LogP contribution in [0, 0.1) is 0 Å². The molecule has 0 aromatic heterocycles. The summed E-state index contributed by atoms with van der Waals surface area (Å²) in [5.41, 5.74) is 0. The minimum atomic E-state index is 0. The van der Waals surface area contributed by atoms with Crippen LogP contribution in [0.1, 0.15) is 10.3 Å². The van der Waals surface area contributed by atoms with Crippen molar-refractivity contribution in [3.8, 4) is 0 Å². The van der Waals surface area contributed by atoms with E-state index in [4.69, 9.17) is 10.5 Å². The first-order chi connectivity index (χ1) is 1.00. The molecule has 0 aliphatic carbocycles. The van der Waals surface area contributed by atoms with Crippen LogP contribution in [0.2, 0.25) is 0 Å². The monoisotopic (exact) mass is 316 g/mol. The van der Waals surface area contributed by atoms with Gasteiger partial charge in [0.05, 0.1) is 0 Å². The van der Waals surface area contributed by atoms with Crippen molar-refractivity contribution in [2.24, 2.45) is 0 Å². The molecule has 0 fully saturated rings. The largest absolute Gasteiger partial charge is 1.00 e. The standard InChI is InChI=1S/CH4.H2O2.H2O.3Ti.2V/c;1-2;;;;;;/h1H4;1-2H;1H2;;;;;/p+2. The summed E-state index contributed by atoms with van der Waals surface area (Å²) in [5.74, 6) is 0. The minimum Gasteiger partial charge on any atom is -0.412 e. The maximum absolute atomic E-state index is 6.00. The summed E-state index contributed by atoms with van der Waals surface area (Å²) in [4.78, 5) is 0. The molecule has 0 spiro atoms. The molecule has 0 amide bonds. The number of rotatable bonds is 0. The summed E-state index contributed by atoms with van der Waals surface area (Å²) in [5, 5.41) is 12.0. The molecular formula is CH10O3Ti3V2+2. The van der Waals surface area contributed by atoms with Gasteiger partial charge in [-0.05, 0) is 0 Å². The maximum Gasteiger partial charge on any atom is 1.00 e. The van der Waals surface area contributed by atoms with Crippen molar-refractivity contribution in [2.45, 2.75) is 7.43 Å². The SMILES string of the molecule is C.O.OO.[H+].[H+].[Ti].[Ti].[Ti].[V].[V]. The zero-order chi connectivity index (χ0) is 2.00. The summed E-state index contributed by atoms with van der Waals surface area (Å²) < 4.78 is 0. The van der Waals surface area contributed by atoms with Crippen molar-refractivity contribution in [1.29, 1.82) is 0 Å². The second kappa shape index (κ2) is 114. The van der Waals surface area contributed by atoms with Gasteiger partial charge < -0.3 is 5.48 Å². The molecule has 9 heavy (non-hydrogen) atoms. The van der Waals surface area contributed by atoms with Gasteiger partial charge in [0, 0.05) is 102 Å². The van der Waals surface area contributed by atoms with Crippen molar-refractivity contribution in [2.75, 3.05) is 0 Å². The van der Waals surface area contributed by atoms with E-state index >= 15 is 0 Å². The first kappa shape index (κ1) is 86.9. The molecule has 4 N–H and O–H groups in total. The molecule has 0 unspecified atom stereocenters. The molecule has 8 heteroatoms. The van der Waals surface area contributed by atoms with Gasteiger partial charge >= 0.3 is 2.85 Å². The Morgan fingerprint density at radius 3 is 0.778 bits per heavy atom. The molecule has 0 rings (SSSR count). The van der Waals surface area contributed by atoms with E-state index in [0.29, 0.717) is 0 Å². The van der Waals surface area contributed by atoms with E-state index in [1.54, 1.807) is 0 Å². The zero-order valence-corrected chi connectivity index (χ0v) is 11.3. The fraction of sp³-hybridized carbons (Fsp3) is 1.00. The third kappa shape index (κ3) is 92.8. The molecule has 0 saturated carbocycles. The Labute approximate surface area is 127 Å². The molecule has 0 saturated heterocycles. The molecule has 3 nitrogen and oxygen atoms in total. The Morgan fingerprint density at radius 1 is 0.778 bits per heavy atom. The summed E-state index contributed by atoms with van der Waals surface area (Å²) >= 11 is 0. The average Bonchev–Trinajstić information content (AvgIpc) is 1.00. The van der Waals surface area contributed by atoms with Gasteiger partial charge in [0.15, 0.2) is 0 Å². The van der Waals surface area contributed by atoms with Crippen LogP contribution >= 0.6 is 0 Å². The smallest absolute Gasteiger partial charge is 0.412 e. The third-order valence-corrected chi connectivity index (χ3v) is 0. The van der Waals surface area contributed by atoms with Crippen molar-refractivity contribution in [3.05, 3.63) is 0 Å². The van der Waals surface area contributed by atoms with Crippen LogP contribution in [0.15, 0.2) is 0 Å². The summed E-state index contributed by atoms with van der Waals surface area (Å²) in [7, 11) is 0. The van der Waals surface area contributed by atoms with Gasteiger partial charge in [-0.3, -0.25) is 10.5 Å². The second-order valence-electron chi connectivity index (χ2n) is 0. The molecule has 0 bridgehead atoms. The van der Waals surface area contributed by atoms with Gasteiger partial charge in [0.1, 0.15) is 0 Å². The van der Waals surface area contributed by atoms with Gasteiger partial charge in [-0.1, -0.05) is 7.43 Å². The molecule has 0 aliphatic heterocycles. The Hall–Kier alpha value is 3.19. The molecular weight excluding hydrogens is 305 g/mol. The van der Waals surface area contributed by atoms with Crippen LogP contribution in [0.25, 0.3) is 0 Å². The van der Waals surface area contributed by atoms with E-state index < -0.39 is 0 Å². The van der Waals surface area contributed by atoms with Gasteiger partial charge in [-0.2, -0.15) is 0 Å². The number of hydrogen-bond acceptors (Lipinski definition) is 2. The molecule has 0 aliphatic rings. The molecule has 0 atom stereocenters. The van der Waals surface area contributed by atoms with Crippen LogP contribution in [0.4, 0.5) is 0 Å². The number of hydrogen-bond donors (Lipinski definition) is 2. The van der Waals surface area contributed by atoms with E-state index in [-0.39, 0.29) is 118 Å². The fourth-order valence-corrected chi connectivity index (χ4v) is 0. The Morgan fingerprint density at radius 2 is 0.778 bits per heavy atom. The van der Waals surface area contributed by atoms with Crippen molar-refractivity contribution in [1.82, 2.24) is 0 Å². The normalized spacial score (nSPS) is 0.667. The quantitative estimate of drug-likeness (QED) is 0.376. The molecule has 0 aromatic rings. The summed E-state index contributed by atoms with van der Waals surface area (Å²) in [6.45, 7) is 0. The fourth-order valence-electron chi connectivity index (χ4n) is 0. The predicted molar refractivity (Wildman–Crippen MR) is 17.8 cm³/mol. The Kier molecular flexibility index (Phi) is 1100. The van der Waals surface area contributed by atoms with Gasteiger partial charge in [0.25, 0.3) is 0 Å². The van der Waals surface area contributed by atoms with E-state index in [0.717, 1.165) is 0 Å². The molecule has 0 aromatic carbocycles. The van der Waals surface area contributed by atoms with E-state index in [1.807, 2.05) is 0 Å². The molecule has 0 heterocycles. The van der Waals surface area contributed by atoms with Crippen molar-refractivity contribution < 1.29 is 121 Å². The third-order valence-electron chi connectivity index (χ3n) is 0. The van der Waals surface area contributed by atoms with Crippen LogP contribution in [-0.2, 0) is 102 Å². The Balaban J connectivity index is -0.000000000139. The Bertz CT molecular complexity index is 24.5. The van der Waals surface area contributed by atoms with Gasteiger partial charge in [-0.15, -0.1) is 0 Å². The van der Waals surface area contributed by atoms with Crippen LogP contribution in [0.3, 0.4) is 0 Å². The van der Waals surface area contributed by atoms with Crippen LogP contribution in [-0.4, -0.2) is 16.0 Å². The predicted octanol–water partition coefficient (Wildman–Crippen LogP) is 0.0413. The zero-order valence-electron chi connectivity index (χ0n) is 5.79. The average molecular weight is 316 g/mol. The van der Waals surface area contributed by atoms with Gasteiger partial charge in [0.2, 0.25) is 0 Å². The van der Waals surface area contributed by atoms with Crippen molar-refractivity contribution >= 4 is 0 Å². The minimum absolute atomic E-state index is 0. The van der Waals surface area contributed by atoms with E-state index in [9.17, 15) is 0 Å². The first-order valence-corrected chi connectivity index (χ1v) is 0.200. The van der Waals surface area contributed by atoms with Crippen LogP contribution in [0.5, 0.6) is 0 Å². The van der Waals surface area contributed by atoms with Crippen LogP contribution < -0.4 is 0 Å².